The van der Waals surface area contributed by atoms with E-state index in [1.165, 1.54) is 0 Å². The van der Waals surface area contributed by atoms with Crippen LogP contribution < -0.4 is 0 Å². The SMILES string of the molecule is c1ccc(-c2cc(-c3ccccn3)nc(-c3cccc(-c4cccc(-c5cc(-c6ccccc6)nc(-c6ccccc6)n5)c4)n3)c2)cc1. The van der Waals surface area contributed by atoms with Crippen molar-refractivity contribution in [3.8, 4) is 79.1 Å². The van der Waals surface area contributed by atoms with Gasteiger partial charge in [0, 0.05) is 28.5 Å². The maximum absolute atomic E-state index is 5.13. The van der Waals surface area contributed by atoms with E-state index in [9.17, 15) is 0 Å². The van der Waals surface area contributed by atoms with Gasteiger partial charge in [-0.2, -0.15) is 0 Å². The first-order chi connectivity index (χ1) is 23.8. The number of hydrogen-bond acceptors (Lipinski definition) is 5. The van der Waals surface area contributed by atoms with Crippen molar-refractivity contribution in [3.05, 3.63) is 176 Å². The Morgan fingerprint density at radius 2 is 0.750 bits per heavy atom. The lowest BCUT2D eigenvalue weighted by atomic mass is 10.0. The van der Waals surface area contributed by atoms with E-state index < -0.39 is 0 Å². The smallest absolute Gasteiger partial charge is 0.160 e. The first-order valence-corrected chi connectivity index (χ1v) is 15.8. The van der Waals surface area contributed by atoms with E-state index in [-0.39, 0.29) is 0 Å². The van der Waals surface area contributed by atoms with Crippen LogP contribution in [0.15, 0.2) is 176 Å². The molecule has 226 valence electrons. The monoisotopic (exact) mass is 615 g/mol. The third-order valence-electron chi connectivity index (χ3n) is 8.15. The van der Waals surface area contributed by atoms with Crippen LogP contribution in [-0.4, -0.2) is 24.9 Å². The molecule has 0 saturated carbocycles. The molecule has 5 nitrogen and oxygen atoms in total. The molecule has 48 heavy (non-hydrogen) atoms. The van der Waals surface area contributed by atoms with Gasteiger partial charge < -0.3 is 0 Å². The molecule has 0 spiro atoms. The van der Waals surface area contributed by atoms with Gasteiger partial charge in [-0.05, 0) is 59.7 Å². The van der Waals surface area contributed by atoms with E-state index >= 15 is 0 Å². The average molecular weight is 616 g/mol. The number of nitrogens with zero attached hydrogens (tertiary/aromatic N) is 5. The highest BCUT2D eigenvalue weighted by atomic mass is 14.9. The lowest BCUT2D eigenvalue weighted by Crippen LogP contribution is -1.96. The maximum Gasteiger partial charge on any atom is 0.160 e. The molecule has 0 unspecified atom stereocenters. The average Bonchev–Trinajstić information content (AvgIpc) is 3.19. The molecule has 0 radical (unpaired) electrons. The molecule has 4 heterocycles. The van der Waals surface area contributed by atoms with Crippen LogP contribution in [0.5, 0.6) is 0 Å². The zero-order chi connectivity index (χ0) is 32.1. The zero-order valence-electron chi connectivity index (χ0n) is 26.0. The standard InChI is InChI=1S/C43H29N5/c1-4-14-30(15-5-1)35-27-41(37-22-10-11-25-44-37)46-42(28-35)38-24-13-23-36(45-38)33-20-12-21-34(26-33)40-29-39(31-16-6-2-7-17-31)47-43(48-40)32-18-8-3-9-19-32/h1-29H. The Morgan fingerprint density at radius 3 is 1.44 bits per heavy atom. The van der Waals surface area contributed by atoms with Gasteiger partial charge in [-0.3, -0.25) is 4.98 Å². The van der Waals surface area contributed by atoms with Crippen LogP contribution in [0.1, 0.15) is 0 Å². The molecule has 0 saturated heterocycles. The van der Waals surface area contributed by atoms with Crippen LogP contribution >= 0.6 is 0 Å². The minimum absolute atomic E-state index is 0.686. The Bertz CT molecular complexity index is 2040. The minimum atomic E-state index is 0.686. The van der Waals surface area contributed by atoms with E-state index in [4.69, 9.17) is 19.9 Å². The van der Waals surface area contributed by atoms with Gasteiger partial charge in [0.1, 0.15) is 0 Å². The van der Waals surface area contributed by atoms with Gasteiger partial charge in [0.25, 0.3) is 0 Å². The Labute approximate surface area is 279 Å². The van der Waals surface area contributed by atoms with Crippen molar-refractivity contribution in [2.75, 3.05) is 0 Å². The topological polar surface area (TPSA) is 64.5 Å². The van der Waals surface area contributed by atoms with Crippen LogP contribution in [-0.2, 0) is 0 Å². The number of hydrogen-bond donors (Lipinski definition) is 0. The molecule has 4 aromatic carbocycles. The van der Waals surface area contributed by atoms with E-state index in [0.29, 0.717) is 5.82 Å². The fraction of sp³-hybridized carbons (Fsp3) is 0. The van der Waals surface area contributed by atoms with Crippen molar-refractivity contribution >= 4 is 0 Å². The third-order valence-corrected chi connectivity index (χ3v) is 8.15. The second-order valence-electron chi connectivity index (χ2n) is 11.4. The molecule has 0 aliphatic heterocycles. The second-order valence-corrected chi connectivity index (χ2v) is 11.4. The summed E-state index contributed by atoms with van der Waals surface area (Å²) >= 11 is 0. The Hall–Kier alpha value is -6.59. The molecule has 0 aliphatic rings. The Balaban J connectivity index is 1.21. The summed E-state index contributed by atoms with van der Waals surface area (Å²) in [6.45, 7) is 0. The van der Waals surface area contributed by atoms with Crippen LogP contribution in [0.3, 0.4) is 0 Å². The molecular weight excluding hydrogens is 587 g/mol. The zero-order valence-corrected chi connectivity index (χ0v) is 26.0. The fourth-order valence-electron chi connectivity index (χ4n) is 5.75. The van der Waals surface area contributed by atoms with Crippen molar-refractivity contribution in [3.63, 3.8) is 0 Å². The molecule has 0 atom stereocenters. The van der Waals surface area contributed by atoms with Crippen LogP contribution in [0.4, 0.5) is 0 Å². The van der Waals surface area contributed by atoms with E-state index in [2.05, 4.69) is 71.7 Å². The van der Waals surface area contributed by atoms with Crippen molar-refractivity contribution in [1.29, 1.82) is 0 Å². The lowest BCUT2D eigenvalue weighted by molar-refractivity contribution is 1.18. The molecular formula is C43H29N5. The van der Waals surface area contributed by atoms with E-state index in [1.807, 2.05) is 103 Å². The summed E-state index contributed by atoms with van der Waals surface area (Å²) in [6, 6.07) is 57.2. The van der Waals surface area contributed by atoms with Crippen molar-refractivity contribution in [2.45, 2.75) is 0 Å². The molecule has 0 bridgehead atoms. The second kappa shape index (κ2) is 13.0. The first kappa shape index (κ1) is 28.9. The van der Waals surface area contributed by atoms with E-state index in [1.54, 1.807) is 6.20 Å². The molecule has 0 fully saturated rings. The summed E-state index contributed by atoms with van der Waals surface area (Å²) in [5.74, 6) is 0.686. The largest absolute Gasteiger partial charge is 0.255 e. The summed E-state index contributed by atoms with van der Waals surface area (Å²) in [7, 11) is 0. The predicted octanol–water partition coefficient (Wildman–Crippen LogP) is 10.3. The lowest BCUT2D eigenvalue weighted by Gasteiger charge is -2.12. The summed E-state index contributed by atoms with van der Waals surface area (Å²) in [5, 5.41) is 0. The van der Waals surface area contributed by atoms with Crippen LogP contribution in [0, 0.1) is 0 Å². The molecule has 0 aliphatic carbocycles. The van der Waals surface area contributed by atoms with Gasteiger partial charge >= 0.3 is 0 Å². The quantitative estimate of drug-likeness (QED) is 0.178. The number of benzene rings is 4. The summed E-state index contributed by atoms with van der Waals surface area (Å²) in [4.78, 5) is 24.7. The molecule has 8 rings (SSSR count). The number of aromatic nitrogens is 5. The van der Waals surface area contributed by atoms with Crippen molar-refractivity contribution in [2.24, 2.45) is 0 Å². The summed E-state index contributed by atoms with van der Waals surface area (Å²) < 4.78 is 0. The normalized spacial score (nSPS) is 10.9. The van der Waals surface area contributed by atoms with Crippen LogP contribution in [0.25, 0.3) is 79.1 Å². The number of pyridine rings is 3. The van der Waals surface area contributed by atoms with E-state index in [0.717, 1.165) is 73.2 Å². The van der Waals surface area contributed by atoms with Gasteiger partial charge in [0.15, 0.2) is 5.82 Å². The molecule has 4 aromatic heterocycles. The highest BCUT2D eigenvalue weighted by molar-refractivity contribution is 5.77. The van der Waals surface area contributed by atoms with Crippen LogP contribution in [0.2, 0.25) is 0 Å². The van der Waals surface area contributed by atoms with Gasteiger partial charge in [0.2, 0.25) is 0 Å². The van der Waals surface area contributed by atoms with Crippen molar-refractivity contribution < 1.29 is 0 Å². The number of rotatable bonds is 7. The Morgan fingerprint density at radius 1 is 0.250 bits per heavy atom. The minimum Gasteiger partial charge on any atom is -0.255 e. The summed E-state index contributed by atoms with van der Waals surface area (Å²) in [6.07, 6.45) is 1.79. The van der Waals surface area contributed by atoms with Crippen molar-refractivity contribution in [1.82, 2.24) is 24.9 Å². The van der Waals surface area contributed by atoms with Gasteiger partial charge in [-0.25, -0.2) is 19.9 Å². The van der Waals surface area contributed by atoms with Gasteiger partial charge in [-0.1, -0.05) is 121 Å². The van der Waals surface area contributed by atoms with Gasteiger partial charge in [-0.15, -0.1) is 0 Å². The first-order valence-electron chi connectivity index (χ1n) is 15.8. The Kier molecular flexibility index (Phi) is 7.83. The fourth-order valence-corrected chi connectivity index (χ4v) is 5.75. The third kappa shape index (κ3) is 6.13. The van der Waals surface area contributed by atoms with Gasteiger partial charge in [0.05, 0.1) is 39.9 Å². The molecule has 8 aromatic rings. The maximum atomic E-state index is 5.13. The molecule has 5 heteroatoms. The predicted molar refractivity (Wildman–Crippen MR) is 193 cm³/mol. The highest BCUT2D eigenvalue weighted by Gasteiger charge is 2.14. The molecule has 0 N–H and O–H groups in total. The molecule has 0 amide bonds. The highest BCUT2D eigenvalue weighted by Crippen LogP contribution is 2.32. The summed E-state index contributed by atoms with van der Waals surface area (Å²) in [5.41, 5.74) is 11.9.